The van der Waals surface area contributed by atoms with Crippen LogP contribution >= 0.6 is 0 Å². The van der Waals surface area contributed by atoms with Gasteiger partial charge in [0.2, 0.25) is 5.79 Å². The van der Waals surface area contributed by atoms with Crippen LogP contribution in [0.2, 0.25) is 0 Å². The number of carbonyl (C=O) groups excluding carboxylic acids is 3. The van der Waals surface area contributed by atoms with Crippen LogP contribution in [-0.4, -0.2) is 43.6 Å². The van der Waals surface area contributed by atoms with Crippen LogP contribution in [-0.2, 0) is 28.6 Å². The number of ketones is 2. The Bertz CT molecular complexity index is 530. The molecular weight excluding hydrogens is 264 g/mol. The van der Waals surface area contributed by atoms with Crippen LogP contribution in [0.4, 0.5) is 0 Å². The first-order chi connectivity index (χ1) is 9.46. The second-order valence-electron chi connectivity index (χ2n) is 5.44. The molecule has 2 bridgehead atoms. The van der Waals surface area contributed by atoms with Crippen LogP contribution in [0.5, 0.6) is 0 Å². The summed E-state index contributed by atoms with van der Waals surface area (Å²) in [7, 11) is 2.73. The fourth-order valence-electron chi connectivity index (χ4n) is 3.79. The molecule has 1 heterocycles. The molecule has 1 saturated heterocycles. The van der Waals surface area contributed by atoms with E-state index < -0.39 is 23.7 Å². The summed E-state index contributed by atoms with van der Waals surface area (Å²) >= 11 is 0. The maximum absolute atomic E-state index is 12.6. The van der Waals surface area contributed by atoms with E-state index >= 15 is 0 Å². The van der Waals surface area contributed by atoms with E-state index in [2.05, 4.69) is 0 Å². The molecule has 0 spiro atoms. The molecular formula is C14H16O6. The maximum atomic E-state index is 12.6. The van der Waals surface area contributed by atoms with Gasteiger partial charge in [-0.2, -0.15) is 0 Å². The lowest BCUT2D eigenvalue weighted by Gasteiger charge is -2.51. The van der Waals surface area contributed by atoms with E-state index in [1.165, 1.54) is 21.1 Å². The Kier molecular flexibility index (Phi) is 2.85. The highest BCUT2D eigenvalue weighted by atomic mass is 16.7. The molecule has 4 rings (SSSR count). The van der Waals surface area contributed by atoms with Crippen LogP contribution in [0.15, 0.2) is 11.6 Å². The van der Waals surface area contributed by atoms with E-state index in [1.54, 1.807) is 6.08 Å². The molecule has 0 N–H and O–H groups in total. The van der Waals surface area contributed by atoms with Crippen molar-refractivity contribution in [2.24, 2.45) is 17.8 Å². The van der Waals surface area contributed by atoms with Gasteiger partial charge in [-0.05, 0) is 6.92 Å². The highest BCUT2D eigenvalue weighted by Gasteiger charge is 2.67. The lowest BCUT2D eigenvalue weighted by molar-refractivity contribution is -0.255. The molecule has 4 aliphatic rings. The quantitative estimate of drug-likeness (QED) is 0.544. The summed E-state index contributed by atoms with van der Waals surface area (Å²) in [5.74, 6) is -3.76. The zero-order valence-corrected chi connectivity index (χ0v) is 11.5. The minimum absolute atomic E-state index is 0.160. The summed E-state index contributed by atoms with van der Waals surface area (Å²) in [5, 5.41) is 0. The standard InChI is InChI=1S/C14H16O6/c1-6(15)7-4-9-8-5-10(16)20-12(8)11(7)14(18-2,19-3)13(9)17/h4,8-9,11-12H,5H2,1-3H3. The summed E-state index contributed by atoms with van der Waals surface area (Å²) < 4.78 is 16.0. The molecule has 6 nitrogen and oxygen atoms in total. The van der Waals surface area contributed by atoms with Crippen LogP contribution < -0.4 is 0 Å². The fraction of sp³-hybridized carbons (Fsp3) is 0.643. The second-order valence-corrected chi connectivity index (χ2v) is 5.44. The van der Waals surface area contributed by atoms with Crippen molar-refractivity contribution < 1.29 is 28.6 Å². The van der Waals surface area contributed by atoms with E-state index in [0.29, 0.717) is 5.57 Å². The highest BCUT2D eigenvalue weighted by Crippen LogP contribution is 2.54. The van der Waals surface area contributed by atoms with Gasteiger partial charge in [-0.1, -0.05) is 6.08 Å². The SMILES string of the molecule is COC1(OC)C(=O)C2C=C(C(C)=O)C1C1OC(=O)CC21. The number of hydrogen-bond acceptors (Lipinski definition) is 6. The van der Waals surface area contributed by atoms with Gasteiger partial charge in [-0.3, -0.25) is 14.4 Å². The van der Waals surface area contributed by atoms with Crippen LogP contribution in [0.3, 0.4) is 0 Å². The van der Waals surface area contributed by atoms with Crippen molar-refractivity contribution >= 4 is 17.5 Å². The van der Waals surface area contributed by atoms with Crippen molar-refractivity contribution in [2.45, 2.75) is 25.2 Å². The van der Waals surface area contributed by atoms with Gasteiger partial charge in [0.25, 0.3) is 0 Å². The van der Waals surface area contributed by atoms with Gasteiger partial charge in [0.05, 0.1) is 12.3 Å². The zero-order valence-electron chi connectivity index (χ0n) is 11.5. The fourth-order valence-corrected chi connectivity index (χ4v) is 3.79. The zero-order chi connectivity index (χ0) is 14.7. The molecule has 1 aliphatic heterocycles. The molecule has 108 valence electrons. The van der Waals surface area contributed by atoms with Gasteiger partial charge in [0.1, 0.15) is 6.10 Å². The number of esters is 1. The molecule has 0 amide bonds. The molecule has 4 unspecified atom stereocenters. The Labute approximate surface area is 116 Å². The number of rotatable bonds is 3. The first kappa shape index (κ1) is 13.5. The summed E-state index contributed by atoms with van der Waals surface area (Å²) in [4.78, 5) is 36.0. The molecule has 0 aromatic heterocycles. The van der Waals surface area contributed by atoms with Gasteiger partial charge in [0, 0.05) is 31.6 Å². The third kappa shape index (κ3) is 1.43. The van der Waals surface area contributed by atoms with Crippen molar-refractivity contribution in [2.75, 3.05) is 14.2 Å². The summed E-state index contributed by atoms with van der Waals surface area (Å²) in [6.07, 6.45) is 1.33. The predicted molar refractivity (Wildman–Crippen MR) is 65.5 cm³/mol. The Morgan fingerprint density at radius 1 is 1.35 bits per heavy atom. The minimum Gasteiger partial charge on any atom is -0.461 e. The van der Waals surface area contributed by atoms with E-state index in [4.69, 9.17) is 14.2 Å². The molecule has 0 aromatic rings. The Hall–Kier alpha value is -1.53. The first-order valence-electron chi connectivity index (χ1n) is 6.53. The third-order valence-corrected chi connectivity index (χ3v) is 4.64. The Morgan fingerprint density at radius 3 is 2.55 bits per heavy atom. The number of fused-ring (bicyclic) bond motifs is 1. The average Bonchev–Trinajstić information content (AvgIpc) is 2.81. The van der Waals surface area contributed by atoms with E-state index in [-0.39, 0.29) is 29.9 Å². The van der Waals surface area contributed by atoms with Crippen molar-refractivity contribution in [1.29, 1.82) is 0 Å². The van der Waals surface area contributed by atoms with Gasteiger partial charge >= 0.3 is 5.97 Å². The Morgan fingerprint density at radius 2 is 2.00 bits per heavy atom. The molecule has 1 saturated carbocycles. The number of methoxy groups -OCH3 is 2. The highest BCUT2D eigenvalue weighted by molar-refractivity contribution is 6.03. The number of ether oxygens (including phenoxy) is 3. The van der Waals surface area contributed by atoms with Gasteiger partial charge < -0.3 is 14.2 Å². The average molecular weight is 280 g/mol. The summed E-state index contributed by atoms with van der Waals surface area (Å²) in [6.45, 7) is 1.43. The molecule has 0 aromatic carbocycles. The van der Waals surface area contributed by atoms with Crippen molar-refractivity contribution in [3.05, 3.63) is 11.6 Å². The summed E-state index contributed by atoms with van der Waals surface area (Å²) in [6, 6.07) is 0. The predicted octanol–water partition coefficient (Wildman–Crippen LogP) is 0.251. The van der Waals surface area contributed by atoms with Crippen LogP contribution in [0, 0.1) is 17.8 Å². The van der Waals surface area contributed by atoms with Gasteiger partial charge in [-0.25, -0.2) is 0 Å². The normalized spacial score (nSPS) is 37.5. The van der Waals surface area contributed by atoms with Crippen LogP contribution in [0.1, 0.15) is 13.3 Å². The van der Waals surface area contributed by atoms with Crippen molar-refractivity contribution in [3.8, 4) is 0 Å². The van der Waals surface area contributed by atoms with E-state index in [1.807, 2.05) is 0 Å². The number of allylic oxidation sites excluding steroid dienone is 1. The van der Waals surface area contributed by atoms with Crippen LogP contribution in [0.25, 0.3) is 0 Å². The lowest BCUT2D eigenvalue weighted by Crippen LogP contribution is -2.65. The number of carbonyl (C=O) groups is 3. The van der Waals surface area contributed by atoms with Crippen molar-refractivity contribution in [1.82, 2.24) is 0 Å². The second kappa shape index (κ2) is 4.23. The smallest absolute Gasteiger partial charge is 0.306 e. The topological polar surface area (TPSA) is 78.9 Å². The largest absolute Gasteiger partial charge is 0.461 e. The first-order valence-corrected chi connectivity index (χ1v) is 6.53. The molecule has 20 heavy (non-hydrogen) atoms. The minimum atomic E-state index is -1.54. The molecule has 0 radical (unpaired) electrons. The molecule has 4 atom stereocenters. The lowest BCUT2D eigenvalue weighted by atomic mass is 9.59. The number of hydrogen-bond donors (Lipinski definition) is 0. The van der Waals surface area contributed by atoms with Gasteiger partial charge in [0.15, 0.2) is 11.6 Å². The molecule has 2 fully saturated rings. The van der Waals surface area contributed by atoms with Crippen molar-refractivity contribution in [3.63, 3.8) is 0 Å². The third-order valence-electron chi connectivity index (χ3n) is 4.64. The van der Waals surface area contributed by atoms with E-state index in [9.17, 15) is 14.4 Å². The monoisotopic (exact) mass is 280 g/mol. The maximum Gasteiger partial charge on any atom is 0.306 e. The molecule has 3 aliphatic carbocycles. The molecule has 6 heteroatoms. The van der Waals surface area contributed by atoms with E-state index in [0.717, 1.165) is 0 Å². The number of Topliss-reactive ketones (excluding diaryl/α,β-unsaturated/α-hetero) is 2. The Balaban J connectivity index is 2.17. The summed E-state index contributed by atoms with van der Waals surface area (Å²) in [5.41, 5.74) is 0.453. The van der Waals surface area contributed by atoms with Gasteiger partial charge in [-0.15, -0.1) is 0 Å².